The molecule has 1 aromatic rings. The molecule has 1 amide bonds. The van der Waals surface area contributed by atoms with Crippen LogP contribution < -0.4 is 10.5 Å². The number of benzene rings is 1. The SMILES string of the molecule is CC(N)c1ccc(OCC(=O)N2CCN(C)CC2)cc1. The van der Waals surface area contributed by atoms with Gasteiger partial charge in [-0.15, -0.1) is 0 Å². The average molecular weight is 277 g/mol. The summed E-state index contributed by atoms with van der Waals surface area (Å²) in [7, 11) is 2.07. The summed E-state index contributed by atoms with van der Waals surface area (Å²) in [5, 5.41) is 0. The Morgan fingerprint density at radius 2 is 1.85 bits per heavy atom. The van der Waals surface area contributed by atoms with Gasteiger partial charge in [0, 0.05) is 32.2 Å². The van der Waals surface area contributed by atoms with Gasteiger partial charge in [0.05, 0.1) is 0 Å². The number of amides is 1. The molecule has 20 heavy (non-hydrogen) atoms. The molecule has 0 spiro atoms. The molecule has 1 atom stereocenters. The Balaban J connectivity index is 1.81. The Kier molecular flexibility index (Phi) is 4.98. The van der Waals surface area contributed by atoms with E-state index in [1.165, 1.54) is 0 Å². The molecule has 1 aliphatic rings. The number of ether oxygens (including phenoxy) is 1. The molecule has 1 aromatic carbocycles. The van der Waals surface area contributed by atoms with Gasteiger partial charge in [0.15, 0.2) is 6.61 Å². The maximum Gasteiger partial charge on any atom is 0.260 e. The van der Waals surface area contributed by atoms with E-state index in [4.69, 9.17) is 10.5 Å². The van der Waals surface area contributed by atoms with Crippen LogP contribution in [0, 0.1) is 0 Å². The van der Waals surface area contributed by atoms with E-state index < -0.39 is 0 Å². The zero-order valence-corrected chi connectivity index (χ0v) is 12.2. The Bertz CT molecular complexity index is 437. The molecule has 1 fully saturated rings. The first-order chi connectivity index (χ1) is 9.56. The van der Waals surface area contributed by atoms with Crippen molar-refractivity contribution < 1.29 is 9.53 Å². The van der Waals surface area contributed by atoms with E-state index in [2.05, 4.69) is 11.9 Å². The maximum absolute atomic E-state index is 12.0. The normalized spacial score (nSPS) is 17.9. The minimum atomic E-state index is 0.0102. The molecule has 0 aromatic heterocycles. The topological polar surface area (TPSA) is 58.8 Å². The summed E-state index contributed by atoms with van der Waals surface area (Å²) < 4.78 is 5.54. The van der Waals surface area contributed by atoms with Crippen molar-refractivity contribution in [2.24, 2.45) is 5.73 Å². The van der Waals surface area contributed by atoms with Crippen LogP contribution in [-0.4, -0.2) is 55.5 Å². The van der Waals surface area contributed by atoms with Crippen molar-refractivity contribution in [3.63, 3.8) is 0 Å². The van der Waals surface area contributed by atoms with Crippen molar-refractivity contribution >= 4 is 5.91 Å². The fourth-order valence-electron chi connectivity index (χ4n) is 2.16. The standard InChI is InChI=1S/C15H23N3O2/c1-12(16)13-3-5-14(6-4-13)20-11-15(19)18-9-7-17(2)8-10-18/h3-6,12H,7-11,16H2,1-2H3. The summed E-state index contributed by atoms with van der Waals surface area (Å²) in [5.41, 5.74) is 6.85. The van der Waals surface area contributed by atoms with Crippen molar-refractivity contribution in [2.75, 3.05) is 39.8 Å². The molecule has 0 aliphatic carbocycles. The highest BCUT2D eigenvalue weighted by molar-refractivity contribution is 5.77. The molecule has 0 radical (unpaired) electrons. The zero-order chi connectivity index (χ0) is 14.5. The Hall–Kier alpha value is -1.59. The molecule has 0 saturated carbocycles. The van der Waals surface area contributed by atoms with Gasteiger partial charge in [-0.05, 0) is 31.7 Å². The molecule has 1 saturated heterocycles. The van der Waals surface area contributed by atoms with Gasteiger partial charge in [-0.1, -0.05) is 12.1 Å². The second kappa shape index (κ2) is 6.72. The predicted octanol–water partition coefficient (Wildman–Crippen LogP) is 0.859. The number of hydrogen-bond donors (Lipinski definition) is 1. The second-order valence-electron chi connectivity index (χ2n) is 5.33. The first-order valence-corrected chi connectivity index (χ1v) is 7.01. The van der Waals surface area contributed by atoms with Crippen LogP contribution in [-0.2, 0) is 4.79 Å². The van der Waals surface area contributed by atoms with E-state index in [0.717, 1.165) is 31.7 Å². The van der Waals surface area contributed by atoms with E-state index in [1.807, 2.05) is 36.1 Å². The molecule has 5 heteroatoms. The number of piperazine rings is 1. The van der Waals surface area contributed by atoms with Gasteiger partial charge in [-0.25, -0.2) is 0 Å². The number of likely N-dealkylation sites (N-methyl/N-ethyl adjacent to an activating group) is 1. The van der Waals surface area contributed by atoms with Crippen LogP contribution in [0.5, 0.6) is 5.75 Å². The largest absolute Gasteiger partial charge is 0.484 e. The smallest absolute Gasteiger partial charge is 0.260 e. The summed E-state index contributed by atoms with van der Waals surface area (Å²) >= 11 is 0. The number of nitrogens with two attached hydrogens (primary N) is 1. The summed E-state index contributed by atoms with van der Waals surface area (Å²) in [6.45, 7) is 5.45. The average Bonchev–Trinajstić information content (AvgIpc) is 2.46. The van der Waals surface area contributed by atoms with Crippen LogP contribution in [0.2, 0.25) is 0 Å². The van der Waals surface area contributed by atoms with Gasteiger partial charge in [0.1, 0.15) is 5.75 Å². The summed E-state index contributed by atoms with van der Waals surface area (Å²) in [6.07, 6.45) is 0. The second-order valence-corrected chi connectivity index (χ2v) is 5.33. The van der Waals surface area contributed by atoms with E-state index >= 15 is 0 Å². The highest BCUT2D eigenvalue weighted by Crippen LogP contribution is 2.16. The summed E-state index contributed by atoms with van der Waals surface area (Å²) in [4.78, 5) is 16.1. The third kappa shape index (κ3) is 3.95. The lowest BCUT2D eigenvalue weighted by Crippen LogP contribution is -2.48. The molecule has 1 unspecified atom stereocenters. The van der Waals surface area contributed by atoms with Gasteiger partial charge < -0.3 is 20.3 Å². The number of carbonyl (C=O) groups excluding carboxylic acids is 1. The number of rotatable bonds is 4. The van der Waals surface area contributed by atoms with Crippen molar-refractivity contribution in [3.05, 3.63) is 29.8 Å². The third-order valence-corrected chi connectivity index (χ3v) is 3.62. The molecule has 0 bridgehead atoms. The molecular formula is C15H23N3O2. The monoisotopic (exact) mass is 277 g/mol. The van der Waals surface area contributed by atoms with Crippen LogP contribution in [0.1, 0.15) is 18.5 Å². The molecule has 110 valence electrons. The summed E-state index contributed by atoms with van der Waals surface area (Å²) in [5.74, 6) is 0.756. The molecule has 2 N–H and O–H groups in total. The van der Waals surface area contributed by atoms with Gasteiger partial charge in [-0.2, -0.15) is 0 Å². The van der Waals surface area contributed by atoms with Gasteiger partial charge >= 0.3 is 0 Å². The Morgan fingerprint density at radius 3 is 2.40 bits per heavy atom. The van der Waals surface area contributed by atoms with E-state index in [0.29, 0.717) is 5.75 Å². The van der Waals surface area contributed by atoms with E-state index in [1.54, 1.807) is 0 Å². The third-order valence-electron chi connectivity index (χ3n) is 3.62. The number of hydrogen-bond acceptors (Lipinski definition) is 4. The quantitative estimate of drug-likeness (QED) is 0.887. The van der Waals surface area contributed by atoms with E-state index in [-0.39, 0.29) is 18.6 Å². The molecule has 5 nitrogen and oxygen atoms in total. The molecule has 2 rings (SSSR count). The fraction of sp³-hybridized carbons (Fsp3) is 0.533. The first-order valence-electron chi connectivity index (χ1n) is 7.01. The lowest BCUT2D eigenvalue weighted by atomic mass is 10.1. The van der Waals surface area contributed by atoms with Crippen LogP contribution in [0.15, 0.2) is 24.3 Å². The predicted molar refractivity (Wildman–Crippen MR) is 78.6 cm³/mol. The highest BCUT2D eigenvalue weighted by Gasteiger charge is 2.19. The molecule has 1 heterocycles. The van der Waals surface area contributed by atoms with Crippen LogP contribution in [0.4, 0.5) is 0 Å². The number of nitrogens with zero attached hydrogens (tertiary/aromatic N) is 2. The van der Waals surface area contributed by atoms with Gasteiger partial charge in [-0.3, -0.25) is 4.79 Å². The minimum Gasteiger partial charge on any atom is -0.484 e. The zero-order valence-electron chi connectivity index (χ0n) is 12.2. The molecule has 1 aliphatic heterocycles. The number of carbonyl (C=O) groups is 1. The lowest BCUT2D eigenvalue weighted by Gasteiger charge is -2.32. The highest BCUT2D eigenvalue weighted by atomic mass is 16.5. The van der Waals surface area contributed by atoms with Crippen molar-refractivity contribution in [1.29, 1.82) is 0 Å². The van der Waals surface area contributed by atoms with Crippen LogP contribution >= 0.6 is 0 Å². The Labute approximate surface area is 120 Å². The van der Waals surface area contributed by atoms with Crippen molar-refractivity contribution in [1.82, 2.24) is 9.80 Å². The fourth-order valence-corrected chi connectivity index (χ4v) is 2.16. The summed E-state index contributed by atoms with van der Waals surface area (Å²) in [6, 6.07) is 7.59. The molecular weight excluding hydrogens is 254 g/mol. The minimum absolute atomic E-state index is 0.0102. The Morgan fingerprint density at radius 1 is 1.25 bits per heavy atom. The first kappa shape index (κ1) is 14.8. The van der Waals surface area contributed by atoms with Gasteiger partial charge in [0.2, 0.25) is 0 Å². The van der Waals surface area contributed by atoms with Crippen molar-refractivity contribution in [2.45, 2.75) is 13.0 Å². The lowest BCUT2D eigenvalue weighted by molar-refractivity contribution is -0.134. The van der Waals surface area contributed by atoms with E-state index in [9.17, 15) is 4.79 Å². The van der Waals surface area contributed by atoms with Crippen LogP contribution in [0.25, 0.3) is 0 Å². The maximum atomic E-state index is 12.0. The van der Waals surface area contributed by atoms with Gasteiger partial charge in [0.25, 0.3) is 5.91 Å². The van der Waals surface area contributed by atoms with Crippen LogP contribution in [0.3, 0.4) is 0 Å². The van der Waals surface area contributed by atoms with Crippen molar-refractivity contribution in [3.8, 4) is 5.75 Å².